The Hall–Kier alpha value is -0.260. The van der Waals surface area contributed by atoms with Gasteiger partial charge in [0.1, 0.15) is 6.42 Å². The first kappa shape index (κ1) is 13.7. The van der Waals surface area contributed by atoms with Crippen LogP contribution in [0.1, 0.15) is 25.7 Å². The monoisotopic (exact) mass is 275 g/mol. The molecule has 1 N–H and O–H groups in total. The smallest absolute Gasteiger partial charge is 0.356 e. The summed E-state index contributed by atoms with van der Waals surface area (Å²) in [4.78, 5) is 10.7. The lowest BCUT2D eigenvalue weighted by Crippen LogP contribution is -2.29. The highest BCUT2D eigenvalue weighted by Crippen LogP contribution is 2.18. The molecule has 0 fully saturated rings. The largest absolute Gasteiger partial charge is 0.397 e. The van der Waals surface area contributed by atoms with E-state index in [9.17, 15) is 18.0 Å². The van der Waals surface area contributed by atoms with Gasteiger partial charge in [-0.2, -0.15) is 13.2 Å². The Kier molecular flexibility index (Phi) is 6.96. The SMILES string of the molecule is O=C(CC(F)(F)F)NCCCCCBr. The molecule has 0 atom stereocenters. The number of hydrogen-bond acceptors (Lipinski definition) is 1. The number of amides is 1. The lowest BCUT2D eigenvalue weighted by Gasteiger charge is -2.07. The minimum Gasteiger partial charge on any atom is -0.356 e. The summed E-state index contributed by atoms with van der Waals surface area (Å²) >= 11 is 3.23. The highest BCUT2D eigenvalue weighted by Gasteiger charge is 2.30. The Morgan fingerprint density at radius 1 is 1.21 bits per heavy atom. The minimum absolute atomic E-state index is 0.321. The van der Waals surface area contributed by atoms with Gasteiger partial charge in [-0.15, -0.1) is 0 Å². The predicted octanol–water partition coefficient (Wildman–Crippen LogP) is 2.62. The van der Waals surface area contributed by atoms with Gasteiger partial charge in [0.05, 0.1) is 0 Å². The van der Waals surface area contributed by atoms with Crippen LogP contribution in [0.15, 0.2) is 0 Å². The number of unbranched alkanes of at least 4 members (excludes halogenated alkanes) is 2. The third kappa shape index (κ3) is 9.83. The van der Waals surface area contributed by atoms with E-state index in [1.165, 1.54) is 0 Å². The van der Waals surface area contributed by atoms with Gasteiger partial charge in [-0.05, 0) is 12.8 Å². The van der Waals surface area contributed by atoms with E-state index >= 15 is 0 Å². The number of carbonyl (C=O) groups excluding carboxylic acids is 1. The molecule has 0 aromatic carbocycles. The number of hydrogen-bond donors (Lipinski definition) is 1. The van der Waals surface area contributed by atoms with Crippen LogP contribution in [0.2, 0.25) is 0 Å². The van der Waals surface area contributed by atoms with E-state index < -0.39 is 18.5 Å². The van der Waals surface area contributed by atoms with Crippen LogP contribution in [-0.2, 0) is 4.79 Å². The molecular formula is C8H13BrF3NO. The van der Waals surface area contributed by atoms with Crippen LogP contribution in [-0.4, -0.2) is 24.0 Å². The molecule has 0 radical (unpaired) electrons. The first-order valence-electron chi connectivity index (χ1n) is 4.35. The number of halogens is 4. The normalized spacial score (nSPS) is 11.4. The fourth-order valence-corrected chi connectivity index (χ4v) is 1.27. The van der Waals surface area contributed by atoms with Gasteiger partial charge in [0, 0.05) is 11.9 Å². The molecule has 0 bridgehead atoms. The van der Waals surface area contributed by atoms with Crippen molar-refractivity contribution in [1.29, 1.82) is 0 Å². The molecule has 0 aromatic heterocycles. The van der Waals surface area contributed by atoms with E-state index in [4.69, 9.17) is 0 Å². The molecule has 1 amide bonds. The van der Waals surface area contributed by atoms with E-state index in [2.05, 4.69) is 21.2 Å². The highest BCUT2D eigenvalue weighted by atomic mass is 79.9. The standard InChI is InChI=1S/C8H13BrF3NO/c9-4-2-1-3-5-13-7(14)6-8(10,11)12/h1-6H2,(H,13,14). The molecule has 0 heterocycles. The summed E-state index contributed by atoms with van der Waals surface area (Å²) in [7, 11) is 0. The average Bonchev–Trinajstić information content (AvgIpc) is 2.00. The molecule has 0 aliphatic heterocycles. The molecule has 0 unspecified atom stereocenters. The summed E-state index contributed by atoms with van der Waals surface area (Å²) in [5, 5.41) is 3.10. The summed E-state index contributed by atoms with van der Waals surface area (Å²) in [6.45, 7) is 0.321. The van der Waals surface area contributed by atoms with Crippen LogP contribution in [0.3, 0.4) is 0 Å². The highest BCUT2D eigenvalue weighted by molar-refractivity contribution is 9.09. The molecule has 0 aliphatic rings. The van der Waals surface area contributed by atoms with Crippen LogP contribution >= 0.6 is 15.9 Å². The van der Waals surface area contributed by atoms with Gasteiger partial charge in [-0.25, -0.2) is 0 Å². The number of carbonyl (C=O) groups is 1. The fourth-order valence-electron chi connectivity index (χ4n) is 0.869. The zero-order chi connectivity index (χ0) is 11.0. The maximum Gasteiger partial charge on any atom is 0.397 e. The van der Waals surface area contributed by atoms with Crippen molar-refractivity contribution in [3.63, 3.8) is 0 Å². The van der Waals surface area contributed by atoms with Gasteiger partial charge in [0.2, 0.25) is 5.91 Å². The Labute approximate surface area is 89.4 Å². The molecule has 0 rings (SSSR count). The van der Waals surface area contributed by atoms with Crippen LogP contribution < -0.4 is 5.32 Å². The molecule has 84 valence electrons. The van der Waals surface area contributed by atoms with Gasteiger partial charge in [-0.1, -0.05) is 22.4 Å². The molecule has 0 aliphatic carbocycles. The number of rotatable bonds is 6. The van der Waals surface area contributed by atoms with Crippen molar-refractivity contribution in [2.24, 2.45) is 0 Å². The molecule has 0 aromatic rings. The van der Waals surface area contributed by atoms with Crippen molar-refractivity contribution in [2.45, 2.75) is 31.9 Å². The molecule has 14 heavy (non-hydrogen) atoms. The third-order valence-electron chi connectivity index (χ3n) is 1.49. The zero-order valence-corrected chi connectivity index (χ0v) is 9.25. The van der Waals surface area contributed by atoms with Crippen molar-refractivity contribution in [1.82, 2.24) is 5.32 Å². The summed E-state index contributed by atoms with van der Waals surface area (Å²) in [5.74, 6) is -0.948. The third-order valence-corrected chi connectivity index (χ3v) is 2.05. The average molecular weight is 276 g/mol. The van der Waals surface area contributed by atoms with Crippen molar-refractivity contribution in [2.75, 3.05) is 11.9 Å². The number of alkyl halides is 4. The lowest BCUT2D eigenvalue weighted by atomic mass is 10.2. The number of nitrogens with one attached hydrogen (secondary N) is 1. The second-order valence-corrected chi connectivity index (χ2v) is 3.68. The van der Waals surface area contributed by atoms with Crippen LogP contribution in [0, 0.1) is 0 Å². The van der Waals surface area contributed by atoms with Gasteiger partial charge >= 0.3 is 6.18 Å². The van der Waals surface area contributed by atoms with Crippen molar-refractivity contribution in [3.8, 4) is 0 Å². The maximum absolute atomic E-state index is 11.7. The van der Waals surface area contributed by atoms with Crippen LogP contribution in [0.4, 0.5) is 13.2 Å². The summed E-state index contributed by atoms with van der Waals surface area (Å²) in [6.07, 6.45) is -3.20. The first-order chi connectivity index (χ1) is 6.45. The van der Waals surface area contributed by atoms with Crippen molar-refractivity contribution >= 4 is 21.8 Å². The Bertz CT molecular complexity index is 172. The molecule has 2 nitrogen and oxygen atoms in total. The van der Waals surface area contributed by atoms with E-state index in [1.807, 2.05) is 0 Å². The van der Waals surface area contributed by atoms with E-state index in [-0.39, 0.29) is 0 Å². The Morgan fingerprint density at radius 2 is 1.86 bits per heavy atom. The quantitative estimate of drug-likeness (QED) is 0.586. The van der Waals surface area contributed by atoms with E-state index in [0.29, 0.717) is 6.54 Å². The Morgan fingerprint density at radius 3 is 2.36 bits per heavy atom. The lowest BCUT2D eigenvalue weighted by molar-refractivity contribution is -0.153. The topological polar surface area (TPSA) is 29.1 Å². The fraction of sp³-hybridized carbons (Fsp3) is 0.875. The van der Waals surface area contributed by atoms with Gasteiger partial charge in [0.15, 0.2) is 0 Å². The second kappa shape index (κ2) is 7.09. The van der Waals surface area contributed by atoms with Crippen molar-refractivity contribution in [3.05, 3.63) is 0 Å². The van der Waals surface area contributed by atoms with Gasteiger partial charge in [0.25, 0.3) is 0 Å². The van der Waals surface area contributed by atoms with Crippen LogP contribution in [0.25, 0.3) is 0 Å². The molecule has 0 saturated heterocycles. The second-order valence-electron chi connectivity index (χ2n) is 2.89. The first-order valence-corrected chi connectivity index (χ1v) is 5.47. The molecular weight excluding hydrogens is 263 g/mol. The minimum atomic E-state index is -4.40. The molecule has 0 saturated carbocycles. The summed E-state index contributed by atoms with van der Waals surface area (Å²) in [6, 6.07) is 0. The molecule has 6 heteroatoms. The Balaban J connectivity index is 3.36. The van der Waals surface area contributed by atoms with E-state index in [0.717, 1.165) is 24.6 Å². The summed E-state index contributed by atoms with van der Waals surface area (Å²) < 4.78 is 35.0. The summed E-state index contributed by atoms with van der Waals surface area (Å²) in [5.41, 5.74) is 0. The molecule has 0 spiro atoms. The van der Waals surface area contributed by atoms with Gasteiger partial charge in [-0.3, -0.25) is 4.79 Å². The zero-order valence-electron chi connectivity index (χ0n) is 7.66. The predicted molar refractivity (Wildman–Crippen MR) is 51.3 cm³/mol. The van der Waals surface area contributed by atoms with E-state index in [1.54, 1.807) is 0 Å². The van der Waals surface area contributed by atoms with Crippen LogP contribution in [0.5, 0.6) is 0 Å². The van der Waals surface area contributed by atoms with Crippen molar-refractivity contribution < 1.29 is 18.0 Å². The van der Waals surface area contributed by atoms with Gasteiger partial charge < -0.3 is 5.32 Å². The maximum atomic E-state index is 11.7.